The fraction of sp³-hybridized carbons (Fsp3) is 0.778. The first-order valence-electron chi connectivity index (χ1n) is 5.23. The van der Waals surface area contributed by atoms with Gasteiger partial charge in [-0.25, -0.2) is 20.0 Å². The summed E-state index contributed by atoms with van der Waals surface area (Å²) in [5.41, 5.74) is 7.49. The molecule has 0 rings (SSSR count). The smallest absolute Gasteiger partial charge is 0.333 e. The van der Waals surface area contributed by atoms with Gasteiger partial charge in [0.05, 0.1) is 0 Å². The molecule has 15 heavy (non-hydrogen) atoms. The van der Waals surface area contributed by atoms with E-state index >= 15 is 0 Å². The van der Waals surface area contributed by atoms with Gasteiger partial charge in [-0.2, -0.15) is 0 Å². The largest absolute Gasteiger partial charge is 0.350 e. The summed E-state index contributed by atoms with van der Waals surface area (Å²) in [6, 6.07) is -1.05. The van der Waals surface area contributed by atoms with Crippen molar-refractivity contribution < 1.29 is 9.59 Å². The van der Waals surface area contributed by atoms with Gasteiger partial charge < -0.3 is 11.1 Å². The van der Waals surface area contributed by atoms with Crippen molar-refractivity contribution in [2.45, 2.75) is 33.1 Å². The lowest BCUT2D eigenvalue weighted by atomic mass is 10.2. The van der Waals surface area contributed by atoms with Crippen LogP contribution in [0.1, 0.15) is 33.1 Å². The second kappa shape index (κ2) is 7.90. The van der Waals surface area contributed by atoms with Gasteiger partial charge in [-0.1, -0.05) is 19.8 Å². The van der Waals surface area contributed by atoms with Crippen LogP contribution in [-0.2, 0) is 0 Å². The van der Waals surface area contributed by atoms with Crippen LogP contribution < -0.4 is 16.5 Å². The minimum atomic E-state index is -0.641. The fourth-order valence-corrected chi connectivity index (χ4v) is 1.06. The zero-order chi connectivity index (χ0) is 11.7. The fourth-order valence-electron chi connectivity index (χ4n) is 1.06. The minimum Gasteiger partial charge on any atom is -0.350 e. The minimum absolute atomic E-state index is 0.409. The number of primary amides is 1. The highest BCUT2D eigenvalue weighted by atomic mass is 16.2. The molecule has 0 aromatic heterocycles. The molecule has 0 spiro atoms. The van der Waals surface area contributed by atoms with Crippen molar-refractivity contribution in [1.29, 1.82) is 0 Å². The summed E-state index contributed by atoms with van der Waals surface area (Å²) in [5.74, 6) is 0. The molecular weight excluding hydrogens is 196 g/mol. The van der Waals surface area contributed by atoms with Crippen LogP contribution in [0.2, 0.25) is 0 Å². The number of urea groups is 2. The molecule has 0 atom stereocenters. The van der Waals surface area contributed by atoms with Crippen LogP contribution in [0.15, 0.2) is 0 Å². The molecule has 0 saturated carbocycles. The van der Waals surface area contributed by atoms with Gasteiger partial charge in [-0.15, -0.1) is 0 Å². The Hall–Kier alpha value is -1.46. The van der Waals surface area contributed by atoms with Crippen molar-refractivity contribution >= 4 is 12.1 Å². The Morgan fingerprint density at radius 2 is 1.93 bits per heavy atom. The van der Waals surface area contributed by atoms with Crippen LogP contribution in [0, 0.1) is 0 Å². The van der Waals surface area contributed by atoms with Crippen LogP contribution in [0.3, 0.4) is 0 Å². The van der Waals surface area contributed by atoms with E-state index in [1.54, 1.807) is 6.92 Å². The Morgan fingerprint density at radius 3 is 2.40 bits per heavy atom. The van der Waals surface area contributed by atoms with Crippen molar-refractivity contribution in [3.63, 3.8) is 0 Å². The maximum atomic E-state index is 11.1. The van der Waals surface area contributed by atoms with Crippen LogP contribution in [0.5, 0.6) is 0 Å². The number of carbonyl (C=O) groups is 2. The van der Waals surface area contributed by atoms with E-state index in [4.69, 9.17) is 5.73 Å². The number of hydrogen-bond donors (Lipinski definition) is 3. The number of unbranched alkanes of at least 4 members (excludes halogenated alkanes) is 2. The summed E-state index contributed by atoms with van der Waals surface area (Å²) < 4.78 is 0. The van der Waals surface area contributed by atoms with E-state index in [0.717, 1.165) is 24.3 Å². The van der Waals surface area contributed by atoms with Crippen molar-refractivity contribution in [3.8, 4) is 0 Å². The third-order valence-electron chi connectivity index (χ3n) is 1.83. The van der Waals surface area contributed by atoms with E-state index < -0.39 is 12.1 Å². The van der Waals surface area contributed by atoms with Crippen molar-refractivity contribution in [2.75, 3.05) is 13.1 Å². The third kappa shape index (κ3) is 6.59. The second-order valence-corrected chi connectivity index (χ2v) is 3.17. The Balaban J connectivity index is 3.93. The second-order valence-electron chi connectivity index (χ2n) is 3.17. The van der Waals surface area contributed by atoms with E-state index in [9.17, 15) is 9.59 Å². The molecule has 0 aliphatic heterocycles. The van der Waals surface area contributed by atoms with Crippen LogP contribution >= 0.6 is 0 Å². The number of rotatable bonds is 5. The monoisotopic (exact) mass is 216 g/mol. The molecule has 0 unspecified atom stereocenters. The highest BCUT2D eigenvalue weighted by Crippen LogP contribution is 1.95. The summed E-state index contributed by atoms with van der Waals surface area (Å²) in [6.07, 6.45) is 2.88. The first-order chi connectivity index (χ1) is 7.11. The molecule has 0 saturated heterocycles. The Kier molecular flexibility index (Phi) is 7.13. The van der Waals surface area contributed by atoms with Crippen molar-refractivity contribution in [3.05, 3.63) is 0 Å². The van der Waals surface area contributed by atoms with Crippen molar-refractivity contribution in [2.24, 2.45) is 5.73 Å². The Bertz CT molecular complexity index is 208. The standard InChI is InChI=1S/C9H20N4O2/c1-3-5-6-7-13(8(10)14)12-9(15)11-4-2/h3-7H2,1-2H3,(H2,10,14)(H2,11,12,15). The third-order valence-corrected chi connectivity index (χ3v) is 1.83. The summed E-state index contributed by atoms with van der Waals surface area (Å²) in [5, 5.41) is 3.65. The number of nitrogens with one attached hydrogen (secondary N) is 2. The molecule has 6 heteroatoms. The zero-order valence-corrected chi connectivity index (χ0v) is 9.38. The predicted octanol–water partition coefficient (Wildman–Crippen LogP) is 0.791. The Labute approximate surface area is 90.2 Å². The molecule has 0 bridgehead atoms. The lowest BCUT2D eigenvalue weighted by molar-refractivity contribution is 0.173. The molecule has 0 aliphatic rings. The molecule has 0 aromatic rings. The average Bonchev–Trinajstić information content (AvgIpc) is 2.16. The van der Waals surface area contributed by atoms with E-state index in [2.05, 4.69) is 17.7 Å². The summed E-state index contributed by atoms with van der Waals surface area (Å²) >= 11 is 0. The van der Waals surface area contributed by atoms with Crippen LogP contribution in [0.25, 0.3) is 0 Å². The molecule has 88 valence electrons. The molecular formula is C9H20N4O2. The average molecular weight is 216 g/mol. The number of hydrogen-bond acceptors (Lipinski definition) is 2. The topological polar surface area (TPSA) is 87.5 Å². The van der Waals surface area contributed by atoms with E-state index in [1.165, 1.54) is 0 Å². The predicted molar refractivity (Wildman–Crippen MR) is 58.0 cm³/mol. The first kappa shape index (κ1) is 13.5. The number of nitrogens with zero attached hydrogens (tertiary/aromatic N) is 1. The van der Waals surface area contributed by atoms with Crippen LogP contribution in [0.4, 0.5) is 9.59 Å². The molecule has 4 amide bonds. The number of amides is 4. The molecule has 0 radical (unpaired) electrons. The molecule has 4 N–H and O–H groups in total. The number of carbonyl (C=O) groups excluding carboxylic acids is 2. The van der Waals surface area contributed by atoms with Gasteiger partial charge in [0.25, 0.3) is 0 Å². The molecule has 0 fully saturated rings. The zero-order valence-electron chi connectivity index (χ0n) is 9.38. The van der Waals surface area contributed by atoms with Gasteiger partial charge in [0, 0.05) is 13.1 Å². The highest BCUT2D eigenvalue weighted by Gasteiger charge is 2.11. The number of hydrazine groups is 1. The van der Waals surface area contributed by atoms with Gasteiger partial charge in [0.2, 0.25) is 0 Å². The molecule has 0 heterocycles. The quantitative estimate of drug-likeness (QED) is 0.468. The van der Waals surface area contributed by atoms with Crippen LogP contribution in [-0.4, -0.2) is 30.2 Å². The maximum Gasteiger partial charge on any atom is 0.333 e. The van der Waals surface area contributed by atoms with Gasteiger partial charge in [-0.3, -0.25) is 0 Å². The maximum absolute atomic E-state index is 11.1. The van der Waals surface area contributed by atoms with Gasteiger partial charge in [-0.05, 0) is 13.3 Å². The SMILES string of the molecule is CCCCCN(NC(=O)NCC)C(N)=O. The van der Waals surface area contributed by atoms with E-state index in [1.807, 2.05) is 0 Å². The highest BCUT2D eigenvalue weighted by molar-refractivity contribution is 5.79. The van der Waals surface area contributed by atoms with Gasteiger partial charge in [0.15, 0.2) is 0 Å². The Morgan fingerprint density at radius 1 is 1.27 bits per heavy atom. The lowest BCUT2D eigenvalue weighted by Gasteiger charge is -2.20. The summed E-state index contributed by atoms with van der Waals surface area (Å²) in [4.78, 5) is 22.1. The summed E-state index contributed by atoms with van der Waals surface area (Å²) in [7, 11) is 0. The molecule has 0 aromatic carbocycles. The first-order valence-corrected chi connectivity index (χ1v) is 5.23. The van der Waals surface area contributed by atoms with Crippen molar-refractivity contribution in [1.82, 2.24) is 15.8 Å². The summed E-state index contributed by atoms with van der Waals surface area (Å²) in [6.45, 7) is 4.81. The number of nitrogens with two attached hydrogens (primary N) is 1. The van der Waals surface area contributed by atoms with E-state index in [-0.39, 0.29) is 0 Å². The molecule has 0 aliphatic carbocycles. The van der Waals surface area contributed by atoms with E-state index in [0.29, 0.717) is 13.1 Å². The normalized spacial score (nSPS) is 9.47. The van der Waals surface area contributed by atoms with Gasteiger partial charge in [0.1, 0.15) is 0 Å². The lowest BCUT2D eigenvalue weighted by Crippen LogP contribution is -2.52. The molecule has 6 nitrogen and oxygen atoms in total. The van der Waals surface area contributed by atoms with Gasteiger partial charge >= 0.3 is 12.1 Å².